The molecule has 114 valence electrons. The summed E-state index contributed by atoms with van der Waals surface area (Å²) < 4.78 is 41.1. The number of hydroxylamine groups is 2. The van der Waals surface area contributed by atoms with Gasteiger partial charge in [0, 0.05) is 6.54 Å². The summed E-state index contributed by atoms with van der Waals surface area (Å²) in [7, 11) is -3.25. The van der Waals surface area contributed by atoms with Crippen molar-refractivity contribution in [2.75, 3.05) is 20.2 Å². The molecule has 3 heterocycles. The van der Waals surface area contributed by atoms with Crippen molar-refractivity contribution in [3.63, 3.8) is 0 Å². The third-order valence-electron chi connectivity index (χ3n) is 3.17. The number of nitrogens with zero attached hydrogens (tertiary/aromatic N) is 4. The van der Waals surface area contributed by atoms with Gasteiger partial charge in [-0.15, -0.1) is 4.28 Å². The van der Waals surface area contributed by atoms with Crippen LogP contribution >= 0.6 is 0 Å². The molecule has 2 amide bonds. The zero-order valence-electron chi connectivity index (χ0n) is 10.9. The van der Waals surface area contributed by atoms with E-state index in [2.05, 4.69) is 9.38 Å². The molecule has 1 unspecified atom stereocenters. The van der Waals surface area contributed by atoms with Crippen molar-refractivity contribution in [1.82, 2.24) is 19.7 Å². The molecule has 10 nitrogen and oxygen atoms in total. The highest BCUT2D eigenvalue weighted by Gasteiger charge is 2.43. The van der Waals surface area contributed by atoms with Crippen LogP contribution in [-0.2, 0) is 14.7 Å². The Balaban J connectivity index is 1.88. The molecule has 3 rings (SSSR count). The first-order chi connectivity index (χ1) is 9.87. The minimum Gasteiger partial charge on any atom is -0.493 e. The lowest BCUT2D eigenvalue weighted by atomic mass is 10.2. The number of ether oxygens (including phenoxy) is 1. The molecule has 1 fully saturated rings. The largest absolute Gasteiger partial charge is 0.493 e. The van der Waals surface area contributed by atoms with Gasteiger partial charge in [-0.2, -0.15) is 18.6 Å². The van der Waals surface area contributed by atoms with E-state index < -0.39 is 22.5 Å². The van der Waals surface area contributed by atoms with Crippen LogP contribution in [0.3, 0.4) is 0 Å². The monoisotopic (exact) mass is 316 g/mol. The molecule has 21 heavy (non-hydrogen) atoms. The van der Waals surface area contributed by atoms with Crippen molar-refractivity contribution < 1.29 is 26.8 Å². The Morgan fingerprint density at radius 2 is 2.24 bits per heavy atom. The number of carbonyl (C=O) groups is 1. The Morgan fingerprint density at radius 1 is 1.48 bits per heavy atom. The van der Waals surface area contributed by atoms with Crippen LogP contribution in [-0.4, -0.2) is 65.0 Å². The molecular formula is C10H12N4O6S. The second-order valence-corrected chi connectivity index (χ2v) is 5.55. The summed E-state index contributed by atoms with van der Waals surface area (Å²) in [6.07, 6.45) is 4.80. The Hall–Kier alpha value is -2.11. The molecule has 1 saturated heterocycles. The fourth-order valence-electron chi connectivity index (χ4n) is 2.29. The molecule has 1 aromatic heterocycles. The quantitative estimate of drug-likeness (QED) is 0.751. The summed E-state index contributed by atoms with van der Waals surface area (Å²) in [5.41, 5.74) is 0.671. The maximum atomic E-state index is 12.0. The number of carbonyl (C=O) groups excluding carboxylic acids is 1. The van der Waals surface area contributed by atoms with Crippen LogP contribution in [0, 0.1) is 0 Å². The number of aromatic nitrogens is 2. The lowest BCUT2D eigenvalue weighted by molar-refractivity contribution is -0.0183. The number of fused-ring (bicyclic) bond motifs is 2. The van der Waals surface area contributed by atoms with Crippen LogP contribution in [0.15, 0.2) is 18.5 Å². The summed E-state index contributed by atoms with van der Waals surface area (Å²) in [4.78, 5) is 13.4. The highest BCUT2D eigenvalue weighted by atomic mass is 32.3. The van der Waals surface area contributed by atoms with Gasteiger partial charge in [0.1, 0.15) is 6.04 Å². The van der Waals surface area contributed by atoms with Crippen molar-refractivity contribution in [3.05, 3.63) is 18.5 Å². The zero-order valence-corrected chi connectivity index (χ0v) is 11.7. The van der Waals surface area contributed by atoms with Gasteiger partial charge in [-0.3, -0.25) is 4.55 Å². The highest BCUT2D eigenvalue weighted by Crippen LogP contribution is 2.27. The molecule has 11 heteroatoms. The summed E-state index contributed by atoms with van der Waals surface area (Å²) in [5, 5.41) is 4.72. The number of amides is 2. The predicted octanol–water partition coefficient (Wildman–Crippen LogP) is -0.413. The SMILES string of the molecule is COc1cnn(C2=CC3CN(C2)C(=O)N3OS(=O)(=O)O)c1. The minimum absolute atomic E-state index is 0.242. The van der Waals surface area contributed by atoms with Crippen molar-refractivity contribution in [3.8, 4) is 5.75 Å². The zero-order chi connectivity index (χ0) is 15.2. The minimum atomic E-state index is -4.75. The van der Waals surface area contributed by atoms with Gasteiger partial charge in [0.15, 0.2) is 5.75 Å². The van der Waals surface area contributed by atoms with Crippen LogP contribution in [0.25, 0.3) is 5.70 Å². The van der Waals surface area contributed by atoms with E-state index >= 15 is 0 Å². The van der Waals surface area contributed by atoms with Crippen LogP contribution in [0.4, 0.5) is 4.79 Å². The number of hydrogen-bond donors (Lipinski definition) is 1. The number of rotatable bonds is 4. The van der Waals surface area contributed by atoms with Gasteiger partial charge < -0.3 is 9.64 Å². The molecule has 2 aliphatic rings. The lowest BCUT2D eigenvalue weighted by Crippen LogP contribution is -2.35. The van der Waals surface area contributed by atoms with E-state index in [1.54, 1.807) is 12.3 Å². The summed E-state index contributed by atoms with van der Waals surface area (Å²) >= 11 is 0. The van der Waals surface area contributed by atoms with Gasteiger partial charge in [-0.25, -0.2) is 9.48 Å². The second kappa shape index (κ2) is 4.72. The topological polar surface area (TPSA) is 114 Å². The average Bonchev–Trinajstić information content (AvgIpc) is 2.97. The molecule has 1 atom stereocenters. The second-order valence-electron chi connectivity index (χ2n) is 4.54. The van der Waals surface area contributed by atoms with E-state index in [1.807, 2.05) is 0 Å². The van der Waals surface area contributed by atoms with Gasteiger partial charge in [0.2, 0.25) is 0 Å². The van der Waals surface area contributed by atoms with E-state index in [0.29, 0.717) is 16.5 Å². The maximum Gasteiger partial charge on any atom is 0.418 e. The first kappa shape index (κ1) is 13.9. The number of methoxy groups -OCH3 is 1. The third kappa shape index (κ3) is 2.57. The number of hydrogen-bond acceptors (Lipinski definition) is 6. The normalized spacial score (nSPS) is 21.7. The van der Waals surface area contributed by atoms with Gasteiger partial charge in [0.25, 0.3) is 0 Å². The third-order valence-corrected chi connectivity index (χ3v) is 3.52. The van der Waals surface area contributed by atoms with E-state index in [-0.39, 0.29) is 13.1 Å². The Bertz CT molecular complexity index is 711. The molecule has 2 bridgehead atoms. The standard InChI is InChI=1S/C10H12N4O6S/c1-19-9-3-11-13(6-9)7-2-8-5-12(4-7)10(15)14(8)20-21(16,17)18/h2-3,6,8H,4-5H2,1H3,(H,16,17,18). The molecule has 1 aromatic rings. The van der Waals surface area contributed by atoms with Crippen molar-refractivity contribution >= 4 is 22.1 Å². The van der Waals surface area contributed by atoms with Crippen molar-refractivity contribution in [1.29, 1.82) is 0 Å². The fourth-order valence-corrected chi connectivity index (χ4v) is 2.67. The molecule has 0 saturated carbocycles. The molecule has 2 aliphatic heterocycles. The van der Waals surface area contributed by atoms with Crippen LogP contribution in [0.2, 0.25) is 0 Å². The van der Waals surface area contributed by atoms with Crippen molar-refractivity contribution in [2.24, 2.45) is 0 Å². The van der Waals surface area contributed by atoms with Crippen LogP contribution in [0.1, 0.15) is 0 Å². The summed E-state index contributed by atoms with van der Waals surface area (Å²) in [6, 6.07) is -1.26. The summed E-state index contributed by atoms with van der Waals surface area (Å²) in [5.74, 6) is 0.557. The first-order valence-electron chi connectivity index (χ1n) is 5.92. The Kier molecular flexibility index (Phi) is 3.11. The molecular weight excluding hydrogens is 304 g/mol. The van der Waals surface area contributed by atoms with Crippen LogP contribution < -0.4 is 4.74 Å². The average molecular weight is 316 g/mol. The highest BCUT2D eigenvalue weighted by molar-refractivity contribution is 7.80. The van der Waals surface area contributed by atoms with Gasteiger partial charge >= 0.3 is 16.4 Å². The van der Waals surface area contributed by atoms with Gasteiger partial charge in [-0.1, -0.05) is 0 Å². The first-order valence-corrected chi connectivity index (χ1v) is 7.29. The van der Waals surface area contributed by atoms with Gasteiger partial charge in [0.05, 0.1) is 31.7 Å². The predicted molar refractivity (Wildman–Crippen MR) is 68.3 cm³/mol. The maximum absolute atomic E-state index is 12.0. The van der Waals surface area contributed by atoms with Crippen LogP contribution in [0.5, 0.6) is 5.75 Å². The lowest BCUT2D eigenvalue weighted by Gasteiger charge is -2.20. The molecule has 0 aliphatic carbocycles. The molecule has 0 radical (unpaired) electrons. The molecule has 0 spiro atoms. The van der Waals surface area contributed by atoms with Crippen molar-refractivity contribution in [2.45, 2.75) is 6.04 Å². The molecule has 0 aromatic carbocycles. The smallest absolute Gasteiger partial charge is 0.418 e. The van der Waals surface area contributed by atoms with E-state index in [9.17, 15) is 13.2 Å². The molecule has 1 N–H and O–H groups in total. The summed E-state index contributed by atoms with van der Waals surface area (Å²) in [6.45, 7) is 0.516. The number of urea groups is 1. The fraction of sp³-hybridized carbons (Fsp3) is 0.400. The van der Waals surface area contributed by atoms with E-state index in [1.165, 1.54) is 22.9 Å². The van der Waals surface area contributed by atoms with Gasteiger partial charge in [-0.05, 0) is 6.08 Å². The van der Waals surface area contributed by atoms with E-state index in [0.717, 1.165) is 0 Å². The Labute approximate surface area is 120 Å². The Morgan fingerprint density at radius 3 is 2.86 bits per heavy atom. The van der Waals surface area contributed by atoms with E-state index in [4.69, 9.17) is 9.29 Å².